The van der Waals surface area contributed by atoms with Gasteiger partial charge in [0.1, 0.15) is 29.5 Å². The quantitative estimate of drug-likeness (QED) is 0.283. The summed E-state index contributed by atoms with van der Waals surface area (Å²) >= 11 is 5.96. The Hall–Kier alpha value is -3.52. The monoisotopic (exact) mass is 478 g/mol. The summed E-state index contributed by atoms with van der Waals surface area (Å²) in [5, 5.41) is 0.000890. The third-order valence-electron chi connectivity index (χ3n) is 4.77. The van der Waals surface area contributed by atoms with E-state index in [1.807, 2.05) is 0 Å². The van der Waals surface area contributed by atoms with Crippen LogP contribution >= 0.6 is 11.6 Å². The van der Waals surface area contributed by atoms with Gasteiger partial charge >= 0.3 is 6.18 Å². The van der Waals surface area contributed by atoms with Gasteiger partial charge < -0.3 is 13.9 Å². The van der Waals surface area contributed by atoms with Gasteiger partial charge in [-0.25, -0.2) is 4.39 Å². The molecule has 0 fully saturated rings. The lowest BCUT2D eigenvalue weighted by molar-refractivity contribution is -0.154. The van der Waals surface area contributed by atoms with Crippen molar-refractivity contribution in [3.05, 3.63) is 98.6 Å². The predicted molar refractivity (Wildman–Crippen MR) is 114 cm³/mol. The molecule has 0 unspecified atom stereocenters. The van der Waals surface area contributed by atoms with Gasteiger partial charge in [-0.1, -0.05) is 35.4 Å². The van der Waals surface area contributed by atoms with Crippen LogP contribution in [0.5, 0.6) is 17.2 Å². The van der Waals surface area contributed by atoms with E-state index in [1.54, 1.807) is 19.1 Å². The van der Waals surface area contributed by atoms with E-state index in [0.717, 1.165) is 11.6 Å². The molecule has 0 bridgehead atoms. The van der Waals surface area contributed by atoms with Crippen molar-refractivity contribution in [3.63, 3.8) is 0 Å². The fraction of sp³-hybridized carbons (Fsp3) is 0.125. The molecular formula is C24H15ClF4O4. The molecule has 4 rings (SSSR count). The molecule has 170 valence electrons. The molecule has 0 saturated carbocycles. The summed E-state index contributed by atoms with van der Waals surface area (Å²) in [7, 11) is 0. The number of hydrogen-bond donors (Lipinski definition) is 0. The normalized spacial score (nSPS) is 11.6. The van der Waals surface area contributed by atoms with Crippen molar-refractivity contribution in [2.24, 2.45) is 0 Å². The Bertz CT molecular complexity index is 1360. The van der Waals surface area contributed by atoms with E-state index in [9.17, 15) is 22.4 Å². The van der Waals surface area contributed by atoms with Gasteiger partial charge in [-0.3, -0.25) is 4.79 Å². The van der Waals surface area contributed by atoms with Crippen LogP contribution in [0.4, 0.5) is 17.6 Å². The Balaban J connectivity index is 1.73. The molecule has 0 aliphatic rings. The van der Waals surface area contributed by atoms with Crippen LogP contribution in [-0.4, -0.2) is 0 Å². The summed E-state index contributed by atoms with van der Waals surface area (Å²) in [6.45, 7) is 1.52. The lowest BCUT2D eigenvalue weighted by atomic mass is 10.2. The van der Waals surface area contributed by atoms with Crippen LogP contribution in [0.3, 0.4) is 0 Å². The second kappa shape index (κ2) is 8.78. The minimum atomic E-state index is -5.00. The maximum absolute atomic E-state index is 13.9. The van der Waals surface area contributed by atoms with Crippen LogP contribution in [0, 0.1) is 12.7 Å². The zero-order valence-electron chi connectivity index (χ0n) is 17.0. The van der Waals surface area contributed by atoms with E-state index >= 15 is 0 Å². The first-order valence-corrected chi connectivity index (χ1v) is 9.99. The van der Waals surface area contributed by atoms with Crippen molar-refractivity contribution in [1.82, 2.24) is 0 Å². The number of hydrogen-bond acceptors (Lipinski definition) is 4. The highest BCUT2D eigenvalue weighted by Gasteiger charge is 2.40. The van der Waals surface area contributed by atoms with Crippen molar-refractivity contribution in [1.29, 1.82) is 0 Å². The minimum absolute atomic E-state index is 0.0551. The fourth-order valence-electron chi connectivity index (χ4n) is 3.08. The van der Waals surface area contributed by atoms with Crippen LogP contribution in [0.15, 0.2) is 69.9 Å². The highest BCUT2D eigenvalue weighted by Crippen LogP contribution is 2.38. The van der Waals surface area contributed by atoms with Crippen LogP contribution in [0.25, 0.3) is 11.0 Å². The van der Waals surface area contributed by atoms with Crippen molar-refractivity contribution in [3.8, 4) is 17.2 Å². The zero-order valence-corrected chi connectivity index (χ0v) is 17.8. The van der Waals surface area contributed by atoms with Gasteiger partial charge in [0.15, 0.2) is 0 Å². The summed E-state index contributed by atoms with van der Waals surface area (Å²) in [5.74, 6) is -3.02. The van der Waals surface area contributed by atoms with Crippen LogP contribution in [0.2, 0.25) is 5.02 Å². The molecule has 1 heterocycles. The summed E-state index contributed by atoms with van der Waals surface area (Å²) in [6.07, 6.45) is -5.00. The van der Waals surface area contributed by atoms with E-state index in [0.29, 0.717) is 0 Å². The zero-order chi connectivity index (χ0) is 23.8. The van der Waals surface area contributed by atoms with Crippen LogP contribution < -0.4 is 14.9 Å². The lowest BCUT2D eigenvalue weighted by Crippen LogP contribution is -2.15. The molecular weight excluding hydrogens is 464 g/mol. The molecule has 1 aromatic heterocycles. The molecule has 4 nitrogen and oxygen atoms in total. The summed E-state index contributed by atoms with van der Waals surface area (Å²) < 4.78 is 70.8. The third kappa shape index (κ3) is 4.80. The van der Waals surface area contributed by atoms with Gasteiger partial charge in [-0.15, -0.1) is 0 Å². The molecule has 3 aromatic carbocycles. The fourth-order valence-corrected chi connectivity index (χ4v) is 3.29. The van der Waals surface area contributed by atoms with E-state index in [1.165, 1.54) is 42.5 Å². The number of ether oxygens (including phenoxy) is 2. The van der Waals surface area contributed by atoms with Gasteiger partial charge in [0, 0.05) is 11.6 Å². The highest BCUT2D eigenvalue weighted by molar-refractivity contribution is 6.31. The van der Waals surface area contributed by atoms with Crippen molar-refractivity contribution in [2.45, 2.75) is 19.7 Å². The minimum Gasteiger partial charge on any atom is -0.489 e. The van der Waals surface area contributed by atoms with Gasteiger partial charge in [0.05, 0.1) is 10.4 Å². The average Bonchev–Trinajstić information content (AvgIpc) is 2.76. The number of alkyl halides is 3. The van der Waals surface area contributed by atoms with E-state index < -0.39 is 28.9 Å². The molecule has 4 aromatic rings. The average molecular weight is 479 g/mol. The first-order chi connectivity index (χ1) is 15.6. The van der Waals surface area contributed by atoms with Crippen LogP contribution in [0.1, 0.15) is 16.9 Å². The van der Waals surface area contributed by atoms with Crippen molar-refractivity contribution < 1.29 is 31.5 Å². The number of benzene rings is 3. The molecule has 0 N–H and O–H groups in total. The summed E-state index contributed by atoms with van der Waals surface area (Å²) in [6, 6.07) is 14.0. The van der Waals surface area contributed by atoms with E-state index in [4.69, 9.17) is 25.5 Å². The van der Waals surface area contributed by atoms with E-state index in [2.05, 4.69) is 0 Å². The topological polar surface area (TPSA) is 48.7 Å². The molecule has 0 saturated heterocycles. The molecule has 0 aliphatic heterocycles. The standard InChI is InChI=1S/C24H15ClF4O4/c1-13-5-7-14(8-6-13)32-22-21(30)16-10-9-15(11-20(16)33-23(22)24(27,28)29)31-12-17-18(25)3-2-4-19(17)26/h2-11H,12H2,1H3. The first kappa shape index (κ1) is 22.7. The summed E-state index contributed by atoms with van der Waals surface area (Å²) in [5.41, 5.74) is -0.403. The Kier molecular flexibility index (Phi) is 6.03. The largest absolute Gasteiger partial charge is 0.489 e. The molecule has 9 heteroatoms. The Morgan fingerprint density at radius 1 is 1.00 bits per heavy atom. The van der Waals surface area contributed by atoms with Gasteiger partial charge in [-0.2, -0.15) is 13.2 Å². The van der Waals surface area contributed by atoms with Crippen molar-refractivity contribution in [2.75, 3.05) is 0 Å². The maximum Gasteiger partial charge on any atom is 0.453 e. The second-order valence-electron chi connectivity index (χ2n) is 7.15. The highest BCUT2D eigenvalue weighted by atomic mass is 35.5. The Morgan fingerprint density at radius 2 is 1.70 bits per heavy atom. The predicted octanol–water partition coefficient (Wildman–Crippen LogP) is 7.28. The van der Waals surface area contributed by atoms with Crippen LogP contribution in [-0.2, 0) is 12.8 Å². The number of aryl methyl sites for hydroxylation is 1. The molecule has 0 atom stereocenters. The number of halogens is 5. The summed E-state index contributed by atoms with van der Waals surface area (Å²) in [4.78, 5) is 12.9. The lowest BCUT2D eigenvalue weighted by Gasteiger charge is -2.14. The van der Waals surface area contributed by atoms with Gasteiger partial charge in [0.25, 0.3) is 5.76 Å². The SMILES string of the molecule is Cc1ccc(Oc2c(C(F)(F)F)oc3cc(OCc4c(F)cccc4Cl)ccc3c2=O)cc1. The van der Waals surface area contributed by atoms with Gasteiger partial charge in [0.2, 0.25) is 11.2 Å². The molecule has 0 radical (unpaired) electrons. The third-order valence-corrected chi connectivity index (χ3v) is 5.12. The van der Waals surface area contributed by atoms with E-state index in [-0.39, 0.29) is 39.7 Å². The Morgan fingerprint density at radius 3 is 2.36 bits per heavy atom. The second-order valence-corrected chi connectivity index (χ2v) is 7.56. The maximum atomic E-state index is 13.9. The molecule has 0 spiro atoms. The number of fused-ring (bicyclic) bond motifs is 1. The number of rotatable bonds is 5. The molecule has 0 amide bonds. The molecule has 33 heavy (non-hydrogen) atoms. The Labute approximate surface area is 189 Å². The first-order valence-electron chi connectivity index (χ1n) is 9.62. The molecule has 0 aliphatic carbocycles. The van der Waals surface area contributed by atoms with Crippen molar-refractivity contribution >= 4 is 22.6 Å². The smallest absolute Gasteiger partial charge is 0.453 e. The van der Waals surface area contributed by atoms with Gasteiger partial charge in [-0.05, 0) is 43.3 Å².